The molecule has 2 aromatic carbocycles. The summed E-state index contributed by atoms with van der Waals surface area (Å²) in [5.74, 6) is -2.52. The van der Waals surface area contributed by atoms with Gasteiger partial charge in [-0.15, -0.1) is 0 Å². The molecule has 160 valence electrons. The predicted molar refractivity (Wildman–Crippen MR) is 108 cm³/mol. The first-order chi connectivity index (χ1) is 14.2. The zero-order valence-electron chi connectivity index (χ0n) is 16.0. The van der Waals surface area contributed by atoms with Gasteiger partial charge in [0.25, 0.3) is 11.8 Å². The molecule has 3 rings (SSSR count). The van der Waals surface area contributed by atoms with Crippen LogP contribution in [-0.4, -0.2) is 54.2 Å². The van der Waals surface area contributed by atoms with Gasteiger partial charge in [0.05, 0.1) is 11.6 Å². The van der Waals surface area contributed by atoms with Gasteiger partial charge in [-0.05, 0) is 35.4 Å². The number of carbonyl (C=O) groups excluding carboxylic acids is 1. The van der Waals surface area contributed by atoms with E-state index in [1.807, 2.05) is 0 Å². The highest BCUT2D eigenvalue weighted by molar-refractivity contribution is 6.32. The summed E-state index contributed by atoms with van der Waals surface area (Å²) in [6.45, 7) is 0.376. The van der Waals surface area contributed by atoms with Crippen LogP contribution in [0.25, 0.3) is 11.1 Å². The largest absolute Gasteiger partial charge is 0.490 e. The summed E-state index contributed by atoms with van der Waals surface area (Å²) in [5, 5.41) is 11.1. The van der Waals surface area contributed by atoms with Crippen molar-refractivity contribution in [1.29, 1.82) is 0 Å². The highest BCUT2D eigenvalue weighted by Gasteiger charge is 2.35. The van der Waals surface area contributed by atoms with E-state index in [1.54, 1.807) is 42.5 Å². The minimum absolute atomic E-state index is 0.0483. The van der Waals surface area contributed by atoms with Gasteiger partial charge in [-0.1, -0.05) is 29.8 Å². The van der Waals surface area contributed by atoms with Crippen LogP contribution in [0.4, 0.5) is 13.6 Å². The van der Waals surface area contributed by atoms with Crippen molar-refractivity contribution in [3.63, 3.8) is 0 Å². The highest BCUT2D eigenvalue weighted by atomic mass is 35.5. The lowest BCUT2D eigenvalue weighted by molar-refractivity contribution is -0.0494. The fraction of sp³-hybridized carbons (Fsp3) is 0.333. The molecule has 9 heteroatoms. The molecule has 2 aromatic rings. The number of nitrogens with zero attached hydrogens (tertiary/aromatic N) is 1. The van der Waals surface area contributed by atoms with Crippen molar-refractivity contribution >= 4 is 23.6 Å². The zero-order valence-corrected chi connectivity index (χ0v) is 16.8. The van der Waals surface area contributed by atoms with E-state index in [4.69, 9.17) is 21.4 Å². The van der Waals surface area contributed by atoms with Crippen LogP contribution in [-0.2, 0) is 0 Å². The van der Waals surface area contributed by atoms with Gasteiger partial charge in [0.1, 0.15) is 12.4 Å². The molecule has 1 heterocycles. The molecule has 0 radical (unpaired) electrons. The molecule has 1 aliphatic rings. The number of amides is 2. The molecular formula is C21H21ClF2N2O4. The fourth-order valence-electron chi connectivity index (χ4n) is 3.14. The number of piperidine rings is 1. The number of alkyl halides is 2. The Morgan fingerprint density at radius 2 is 1.73 bits per heavy atom. The maximum atomic E-state index is 13.3. The van der Waals surface area contributed by atoms with Crippen molar-refractivity contribution in [2.75, 3.05) is 26.2 Å². The van der Waals surface area contributed by atoms with Crippen molar-refractivity contribution in [2.24, 2.45) is 0 Å². The van der Waals surface area contributed by atoms with Gasteiger partial charge >= 0.3 is 6.09 Å². The summed E-state index contributed by atoms with van der Waals surface area (Å²) in [4.78, 5) is 24.4. The molecule has 1 saturated heterocycles. The Hall–Kier alpha value is -2.87. The van der Waals surface area contributed by atoms with Crippen LogP contribution in [0.15, 0.2) is 42.5 Å². The van der Waals surface area contributed by atoms with Crippen LogP contribution in [0.2, 0.25) is 5.02 Å². The molecule has 0 aromatic heterocycles. The maximum Gasteiger partial charge on any atom is 0.404 e. The zero-order chi connectivity index (χ0) is 21.7. The van der Waals surface area contributed by atoms with Crippen LogP contribution >= 0.6 is 11.6 Å². The van der Waals surface area contributed by atoms with Gasteiger partial charge in [0, 0.05) is 31.5 Å². The Kier molecular flexibility index (Phi) is 6.77. The van der Waals surface area contributed by atoms with E-state index in [0.717, 1.165) is 11.1 Å². The SMILES string of the molecule is O=C(O)NCCOc1ccc(-c2ccc(C(=O)N3CCC(F)(F)CC3)cc2)cc1Cl. The second kappa shape index (κ2) is 9.30. The van der Waals surface area contributed by atoms with E-state index in [9.17, 15) is 18.4 Å². The smallest absolute Gasteiger partial charge is 0.404 e. The van der Waals surface area contributed by atoms with Gasteiger partial charge in [-0.3, -0.25) is 4.79 Å². The summed E-state index contributed by atoms with van der Waals surface area (Å²) in [6, 6.07) is 12.1. The van der Waals surface area contributed by atoms with E-state index in [-0.39, 0.29) is 45.0 Å². The summed E-state index contributed by atoms with van der Waals surface area (Å²) < 4.78 is 32.0. The van der Waals surface area contributed by atoms with Crippen molar-refractivity contribution in [3.8, 4) is 16.9 Å². The van der Waals surface area contributed by atoms with E-state index in [0.29, 0.717) is 16.3 Å². The van der Waals surface area contributed by atoms with Crippen LogP contribution in [0.1, 0.15) is 23.2 Å². The van der Waals surface area contributed by atoms with Crippen LogP contribution in [0.5, 0.6) is 5.75 Å². The average Bonchev–Trinajstić information content (AvgIpc) is 2.71. The Balaban J connectivity index is 1.62. The Bertz CT molecular complexity index is 912. The van der Waals surface area contributed by atoms with Crippen LogP contribution in [0.3, 0.4) is 0 Å². The lowest BCUT2D eigenvalue weighted by Crippen LogP contribution is -2.42. The highest BCUT2D eigenvalue weighted by Crippen LogP contribution is 2.31. The number of benzene rings is 2. The molecular weight excluding hydrogens is 418 g/mol. The minimum atomic E-state index is -2.69. The third kappa shape index (κ3) is 5.60. The second-order valence-corrected chi connectivity index (χ2v) is 7.36. The number of nitrogens with one attached hydrogen (secondary N) is 1. The van der Waals surface area contributed by atoms with Crippen molar-refractivity contribution in [1.82, 2.24) is 10.2 Å². The van der Waals surface area contributed by atoms with E-state index in [2.05, 4.69) is 5.32 Å². The molecule has 0 atom stereocenters. The number of hydrogen-bond acceptors (Lipinski definition) is 3. The van der Waals surface area contributed by atoms with Gasteiger partial charge in [-0.2, -0.15) is 0 Å². The van der Waals surface area contributed by atoms with Crippen molar-refractivity contribution in [3.05, 3.63) is 53.1 Å². The molecule has 6 nitrogen and oxygen atoms in total. The Labute approximate surface area is 177 Å². The minimum Gasteiger partial charge on any atom is -0.490 e. The molecule has 30 heavy (non-hydrogen) atoms. The first-order valence-corrected chi connectivity index (χ1v) is 9.80. The van der Waals surface area contributed by atoms with Gasteiger partial charge in [-0.25, -0.2) is 13.6 Å². The third-order valence-electron chi connectivity index (χ3n) is 4.82. The molecule has 0 unspecified atom stereocenters. The van der Waals surface area contributed by atoms with Crippen LogP contribution in [0, 0.1) is 0 Å². The molecule has 1 aliphatic heterocycles. The predicted octanol–water partition coefficient (Wildman–Crippen LogP) is 4.52. The quantitative estimate of drug-likeness (QED) is 0.650. The number of carboxylic acid groups (broad SMARTS) is 1. The fourth-order valence-corrected chi connectivity index (χ4v) is 3.38. The van der Waals surface area contributed by atoms with Gasteiger partial charge in [0.15, 0.2) is 0 Å². The lowest BCUT2D eigenvalue weighted by Gasteiger charge is -2.31. The Morgan fingerprint density at radius 3 is 2.33 bits per heavy atom. The van der Waals surface area contributed by atoms with Crippen molar-refractivity contribution in [2.45, 2.75) is 18.8 Å². The van der Waals surface area contributed by atoms with E-state index in [1.165, 1.54) is 4.90 Å². The van der Waals surface area contributed by atoms with Crippen molar-refractivity contribution < 1.29 is 28.2 Å². The summed E-state index contributed by atoms with van der Waals surface area (Å²) in [7, 11) is 0. The molecule has 1 fully saturated rings. The second-order valence-electron chi connectivity index (χ2n) is 6.95. The third-order valence-corrected chi connectivity index (χ3v) is 5.11. The number of hydrogen-bond donors (Lipinski definition) is 2. The Morgan fingerprint density at radius 1 is 1.10 bits per heavy atom. The number of likely N-dealkylation sites (tertiary alicyclic amines) is 1. The number of ether oxygens (including phenoxy) is 1. The summed E-state index contributed by atoms with van der Waals surface area (Å²) in [5.41, 5.74) is 2.09. The normalized spacial score (nSPS) is 15.5. The number of halogens is 3. The molecule has 0 bridgehead atoms. The molecule has 0 aliphatic carbocycles. The topological polar surface area (TPSA) is 78.9 Å². The monoisotopic (exact) mass is 438 g/mol. The van der Waals surface area contributed by atoms with Gasteiger partial charge in [0.2, 0.25) is 0 Å². The van der Waals surface area contributed by atoms with Gasteiger partial charge < -0.3 is 20.1 Å². The first kappa shape index (κ1) is 21.8. The number of carbonyl (C=O) groups is 2. The first-order valence-electron chi connectivity index (χ1n) is 9.42. The summed E-state index contributed by atoms with van der Waals surface area (Å²) >= 11 is 6.24. The lowest BCUT2D eigenvalue weighted by atomic mass is 10.0. The maximum absolute atomic E-state index is 13.3. The summed E-state index contributed by atoms with van der Waals surface area (Å²) in [6.07, 6.45) is -1.74. The van der Waals surface area contributed by atoms with E-state index >= 15 is 0 Å². The van der Waals surface area contributed by atoms with E-state index < -0.39 is 12.0 Å². The standard InChI is InChI=1S/C21H21ClF2N2O4/c22-17-13-16(5-6-18(17)30-12-9-25-20(28)29)14-1-3-15(4-2-14)19(27)26-10-7-21(23,24)8-11-26/h1-6,13,25H,7-12H2,(H,28,29). The average molecular weight is 439 g/mol. The molecule has 2 amide bonds. The molecule has 0 saturated carbocycles. The molecule has 0 spiro atoms. The number of rotatable bonds is 6. The molecule has 2 N–H and O–H groups in total. The van der Waals surface area contributed by atoms with Crippen LogP contribution < -0.4 is 10.1 Å².